The Kier molecular flexibility index (Phi) is 5.41. The molecule has 1 aromatic heterocycles. The molecule has 0 saturated carbocycles. The molecule has 0 atom stereocenters. The summed E-state index contributed by atoms with van der Waals surface area (Å²) in [7, 11) is 0. The number of anilines is 1. The first-order valence-corrected chi connectivity index (χ1v) is 5.58. The zero-order valence-electron chi connectivity index (χ0n) is 9.06. The third-order valence-corrected chi connectivity index (χ3v) is 2.50. The van der Waals surface area contributed by atoms with Crippen LogP contribution in [-0.4, -0.2) is 10.9 Å². The number of carbonyl (C=O) groups is 1. The number of hydrogen-bond acceptors (Lipinski definition) is 2. The van der Waals surface area contributed by atoms with Crippen molar-refractivity contribution < 1.29 is 4.79 Å². The summed E-state index contributed by atoms with van der Waals surface area (Å²) in [5.74, 6) is -0.231. The Hall–Kier alpha value is -1.29. The number of benzene rings is 1. The van der Waals surface area contributed by atoms with Gasteiger partial charge >= 0.3 is 0 Å². The number of pyridine rings is 1. The molecule has 0 aliphatic carbocycles. The first kappa shape index (κ1) is 14.8. The van der Waals surface area contributed by atoms with Gasteiger partial charge in [0.25, 0.3) is 5.91 Å². The fraction of sp³-hybridized carbons (Fsp3) is 0. The summed E-state index contributed by atoms with van der Waals surface area (Å²) in [6, 6.07) is 8.12. The highest BCUT2D eigenvalue weighted by atomic mass is 35.5. The Morgan fingerprint density at radius 3 is 2.17 bits per heavy atom. The molecule has 2 aromatic rings. The highest BCUT2D eigenvalue weighted by Crippen LogP contribution is 2.22. The van der Waals surface area contributed by atoms with E-state index in [1.807, 2.05) is 0 Å². The van der Waals surface area contributed by atoms with Gasteiger partial charge in [0, 0.05) is 33.7 Å². The van der Waals surface area contributed by atoms with Gasteiger partial charge in [-0.25, -0.2) is 0 Å². The molecule has 0 fully saturated rings. The molecule has 1 N–H and O–H groups in total. The van der Waals surface area contributed by atoms with Gasteiger partial charge in [0.15, 0.2) is 0 Å². The number of nitrogens with zero attached hydrogens (tertiary/aromatic N) is 1. The minimum atomic E-state index is -0.231. The Morgan fingerprint density at radius 2 is 1.61 bits per heavy atom. The van der Waals surface area contributed by atoms with Gasteiger partial charge in [-0.1, -0.05) is 23.2 Å². The maximum absolute atomic E-state index is 11.8. The van der Waals surface area contributed by atoms with Crippen molar-refractivity contribution in [2.75, 3.05) is 5.32 Å². The van der Waals surface area contributed by atoms with Crippen molar-refractivity contribution in [2.45, 2.75) is 0 Å². The predicted octanol–water partition coefficient (Wildman–Crippen LogP) is 4.06. The van der Waals surface area contributed by atoms with E-state index in [2.05, 4.69) is 10.3 Å². The van der Waals surface area contributed by atoms with Crippen LogP contribution in [0.15, 0.2) is 42.7 Å². The maximum Gasteiger partial charge on any atom is 0.255 e. The van der Waals surface area contributed by atoms with Crippen LogP contribution in [0.5, 0.6) is 0 Å². The summed E-state index contributed by atoms with van der Waals surface area (Å²) in [5, 5.41) is 3.65. The monoisotopic (exact) mass is 302 g/mol. The number of nitrogens with one attached hydrogen (secondary N) is 1. The molecule has 0 bridgehead atoms. The number of amides is 1. The molecule has 94 valence electrons. The van der Waals surface area contributed by atoms with Gasteiger partial charge in [0.2, 0.25) is 0 Å². The van der Waals surface area contributed by atoms with Gasteiger partial charge in [-0.05, 0) is 30.3 Å². The van der Waals surface area contributed by atoms with Crippen LogP contribution in [0.4, 0.5) is 5.69 Å². The van der Waals surface area contributed by atoms with E-state index < -0.39 is 0 Å². The Labute approximate surface area is 121 Å². The van der Waals surface area contributed by atoms with Crippen LogP contribution >= 0.6 is 35.6 Å². The minimum Gasteiger partial charge on any atom is -0.322 e. The maximum atomic E-state index is 11.8. The topological polar surface area (TPSA) is 42.0 Å². The molecule has 0 radical (unpaired) electrons. The van der Waals surface area contributed by atoms with E-state index in [-0.39, 0.29) is 18.3 Å². The molecule has 1 aromatic carbocycles. The number of carbonyl (C=O) groups excluding carboxylic acids is 1. The van der Waals surface area contributed by atoms with Crippen molar-refractivity contribution in [3.05, 3.63) is 58.3 Å². The van der Waals surface area contributed by atoms with Crippen molar-refractivity contribution >= 4 is 47.2 Å². The number of hydrogen-bond donors (Lipinski definition) is 1. The summed E-state index contributed by atoms with van der Waals surface area (Å²) in [6.07, 6.45) is 3.11. The standard InChI is InChI=1S/C12H8Cl2N2O.ClH/c13-9-5-10(14)7-11(6-9)16-12(17)8-1-3-15-4-2-8;/h1-7H,(H,16,17);1H. The third kappa shape index (κ3) is 3.88. The van der Waals surface area contributed by atoms with Gasteiger partial charge < -0.3 is 5.32 Å². The predicted molar refractivity (Wildman–Crippen MR) is 75.9 cm³/mol. The normalized spacial score (nSPS) is 9.44. The molecule has 18 heavy (non-hydrogen) atoms. The van der Waals surface area contributed by atoms with E-state index in [0.29, 0.717) is 21.3 Å². The fourth-order valence-electron chi connectivity index (χ4n) is 1.33. The molecular formula is C12H9Cl3N2O. The SMILES string of the molecule is Cl.O=C(Nc1cc(Cl)cc(Cl)c1)c1ccncc1. The lowest BCUT2D eigenvalue weighted by molar-refractivity contribution is 0.102. The summed E-state index contributed by atoms with van der Waals surface area (Å²) in [4.78, 5) is 15.7. The van der Waals surface area contributed by atoms with E-state index in [4.69, 9.17) is 23.2 Å². The Morgan fingerprint density at radius 1 is 1.06 bits per heavy atom. The lowest BCUT2D eigenvalue weighted by atomic mass is 10.2. The molecule has 0 unspecified atom stereocenters. The van der Waals surface area contributed by atoms with Crippen LogP contribution in [0.3, 0.4) is 0 Å². The fourth-order valence-corrected chi connectivity index (χ4v) is 1.86. The van der Waals surface area contributed by atoms with Crippen molar-refractivity contribution in [2.24, 2.45) is 0 Å². The van der Waals surface area contributed by atoms with Gasteiger partial charge in [-0.2, -0.15) is 0 Å². The molecule has 1 amide bonds. The lowest BCUT2D eigenvalue weighted by Crippen LogP contribution is -2.11. The number of aromatic nitrogens is 1. The molecular weight excluding hydrogens is 295 g/mol. The largest absolute Gasteiger partial charge is 0.322 e. The Balaban J connectivity index is 0.00000162. The molecule has 1 heterocycles. The van der Waals surface area contributed by atoms with Crippen LogP contribution in [0, 0.1) is 0 Å². The smallest absolute Gasteiger partial charge is 0.255 e. The van der Waals surface area contributed by atoms with E-state index >= 15 is 0 Å². The summed E-state index contributed by atoms with van der Waals surface area (Å²) in [5.41, 5.74) is 1.08. The lowest BCUT2D eigenvalue weighted by Gasteiger charge is -2.06. The second kappa shape index (κ2) is 6.59. The van der Waals surface area contributed by atoms with Crippen molar-refractivity contribution in [3.8, 4) is 0 Å². The van der Waals surface area contributed by atoms with Crippen LogP contribution in [-0.2, 0) is 0 Å². The van der Waals surface area contributed by atoms with Crippen LogP contribution in [0.25, 0.3) is 0 Å². The molecule has 3 nitrogen and oxygen atoms in total. The number of rotatable bonds is 2. The zero-order chi connectivity index (χ0) is 12.3. The molecule has 0 aliphatic rings. The minimum absolute atomic E-state index is 0. The highest BCUT2D eigenvalue weighted by molar-refractivity contribution is 6.35. The Bertz CT molecular complexity index is 526. The van der Waals surface area contributed by atoms with Crippen LogP contribution in [0.1, 0.15) is 10.4 Å². The first-order valence-electron chi connectivity index (χ1n) is 4.82. The molecule has 6 heteroatoms. The van der Waals surface area contributed by atoms with E-state index in [1.54, 1.807) is 42.7 Å². The van der Waals surface area contributed by atoms with Gasteiger partial charge in [-0.15, -0.1) is 12.4 Å². The summed E-state index contributed by atoms with van der Waals surface area (Å²) in [6.45, 7) is 0. The van der Waals surface area contributed by atoms with Gasteiger partial charge in [0.05, 0.1) is 0 Å². The summed E-state index contributed by atoms with van der Waals surface area (Å²) < 4.78 is 0. The van der Waals surface area contributed by atoms with Crippen LogP contribution in [0.2, 0.25) is 10.0 Å². The summed E-state index contributed by atoms with van der Waals surface area (Å²) >= 11 is 11.7. The average Bonchev–Trinajstić information content (AvgIpc) is 2.28. The van der Waals surface area contributed by atoms with E-state index in [1.165, 1.54) is 0 Å². The van der Waals surface area contributed by atoms with E-state index in [9.17, 15) is 4.79 Å². The van der Waals surface area contributed by atoms with Crippen molar-refractivity contribution in [3.63, 3.8) is 0 Å². The van der Waals surface area contributed by atoms with Crippen LogP contribution < -0.4 is 5.32 Å². The van der Waals surface area contributed by atoms with E-state index in [0.717, 1.165) is 0 Å². The molecule has 2 rings (SSSR count). The quantitative estimate of drug-likeness (QED) is 0.909. The third-order valence-electron chi connectivity index (χ3n) is 2.06. The highest BCUT2D eigenvalue weighted by Gasteiger charge is 2.06. The second-order valence-electron chi connectivity index (χ2n) is 3.35. The second-order valence-corrected chi connectivity index (χ2v) is 4.22. The number of halogens is 3. The first-order chi connectivity index (χ1) is 8.15. The molecule has 0 spiro atoms. The zero-order valence-corrected chi connectivity index (χ0v) is 11.4. The van der Waals surface area contributed by atoms with Crippen molar-refractivity contribution in [1.82, 2.24) is 4.98 Å². The van der Waals surface area contributed by atoms with Crippen molar-refractivity contribution in [1.29, 1.82) is 0 Å². The average molecular weight is 304 g/mol. The molecule has 0 aliphatic heterocycles. The van der Waals surface area contributed by atoms with Gasteiger partial charge in [-0.3, -0.25) is 9.78 Å². The van der Waals surface area contributed by atoms with Gasteiger partial charge in [0.1, 0.15) is 0 Å². The molecule has 0 saturated heterocycles.